The molecule has 0 aromatic heterocycles. The molecule has 2 amide bonds. The molecule has 1 fully saturated rings. The fraction of sp³-hybridized carbons (Fsp3) is 0.579. The minimum absolute atomic E-state index is 0.157. The molecular formula is C19H28N2O2. The maximum atomic E-state index is 12.6. The highest BCUT2D eigenvalue weighted by Crippen LogP contribution is 2.19. The summed E-state index contributed by atoms with van der Waals surface area (Å²) >= 11 is 0. The van der Waals surface area contributed by atoms with Gasteiger partial charge >= 0.3 is 0 Å². The number of benzene rings is 1. The average molecular weight is 316 g/mol. The molecule has 0 atom stereocenters. The second-order valence-electron chi connectivity index (χ2n) is 7.38. The fourth-order valence-corrected chi connectivity index (χ4v) is 2.93. The van der Waals surface area contributed by atoms with Gasteiger partial charge in [0.1, 0.15) is 0 Å². The van der Waals surface area contributed by atoms with Crippen molar-refractivity contribution in [3.63, 3.8) is 0 Å². The van der Waals surface area contributed by atoms with Crippen LogP contribution in [0.5, 0.6) is 0 Å². The summed E-state index contributed by atoms with van der Waals surface area (Å²) in [5.74, 6) is 0.329. The maximum absolute atomic E-state index is 12.6. The fourth-order valence-electron chi connectivity index (χ4n) is 2.93. The van der Waals surface area contributed by atoms with Crippen LogP contribution in [0.25, 0.3) is 0 Å². The third-order valence-electron chi connectivity index (χ3n) is 4.38. The van der Waals surface area contributed by atoms with E-state index in [1.807, 2.05) is 61.8 Å². The van der Waals surface area contributed by atoms with Crippen molar-refractivity contribution in [2.24, 2.45) is 5.41 Å². The van der Waals surface area contributed by atoms with Gasteiger partial charge in [0.25, 0.3) is 0 Å². The molecule has 1 saturated heterocycles. The highest BCUT2D eigenvalue weighted by molar-refractivity contribution is 5.82. The van der Waals surface area contributed by atoms with Crippen LogP contribution in [0.15, 0.2) is 24.3 Å². The highest BCUT2D eigenvalue weighted by atomic mass is 16.2. The molecule has 4 heteroatoms. The van der Waals surface area contributed by atoms with Gasteiger partial charge in [-0.15, -0.1) is 0 Å². The Morgan fingerprint density at radius 2 is 1.61 bits per heavy atom. The van der Waals surface area contributed by atoms with Gasteiger partial charge in [0.15, 0.2) is 0 Å². The summed E-state index contributed by atoms with van der Waals surface area (Å²) in [4.78, 5) is 28.8. The van der Waals surface area contributed by atoms with Gasteiger partial charge in [-0.1, -0.05) is 45.0 Å². The number of carbonyl (C=O) groups is 2. The van der Waals surface area contributed by atoms with Gasteiger partial charge < -0.3 is 9.80 Å². The predicted octanol–water partition coefficient (Wildman–Crippen LogP) is 2.64. The van der Waals surface area contributed by atoms with E-state index in [1.165, 1.54) is 0 Å². The second-order valence-corrected chi connectivity index (χ2v) is 7.38. The van der Waals surface area contributed by atoms with Gasteiger partial charge in [-0.05, 0) is 24.5 Å². The Balaban J connectivity index is 1.96. The van der Waals surface area contributed by atoms with E-state index in [0.717, 1.165) is 30.6 Å². The van der Waals surface area contributed by atoms with Crippen LogP contribution in [0.2, 0.25) is 0 Å². The molecule has 0 aliphatic carbocycles. The van der Waals surface area contributed by atoms with Crippen LogP contribution in [-0.4, -0.2) is 47.8 Å². The highest BCUT2D eigenvalue weighted by Gasteiger charge is 2.29. The molecule has 1 heterocycles. The summed E-state index contributed by atoms with van der Waals surface area (Å²) in [5.41, 5.74) is 1.88. The lowest BCUT2D eigenvalue weighted by atomic mass is 9.94. The molecule has 1 aromatic rings. The zero-order valence-corrected chi connectivity index (χ0v) is 14.8. The molecule has 0 radical (unpaired) electrons. The van der Waals surface area contributed by atoms with Gasteiger partial charge in [-0.2, -0.15) is 0 Å². The molecule has 0 unspecified atom stereocenters. The zero-order chi connectivity index (χ0) is 17.0. The molecule has 1 aliphatic rings. The Morgan fingerprint density at radius 1 is 1.00 bits per heavy atom. The number of hydrogen-bond acceptors (Lipinski definition) is 2. The normalized spacial score (nSPS) is 16.2. The molecule has 0 spiro atoms. The van der Waals surface area contributed by atoms with E-state index in [4.69, 9.17) is 0 Å². The van der Waals surface area contributed by atoms with E-state index in [9.17, 15) is 9.59 Å². The van der Waals surface area contributed by atoms with Gasteiger partial charge in [0, 0.05) is 31.6 Å². The number of amides is 2. The smallest absolute Gasteiger partial charge is 0.228 e. The van der Waals surface area contributed by atoms with E-state index < -0.39 is 0 Å². The average Bonchev–Trinajstić information content (AvgIpc) is 2.73. The van der Waals surface area contributed by atoms with E-state index in [0.29, 0.717) is 19.5 Å². The summed E-state index contributed by atoms with van der Waals surface area (Å²) in [6.07, 6.45) is 1.29. The molecule has 0 saturated carbocycles. The van der Waals surface area contributed by atoms with Gasteiger partial charge in [-0.25, -0.2) is 0 Å². The zero-order valence-electron chi connectivity index (χ0n) is 14.8. The molecule has 126 valence electrons. The Bertz CT molecular complexity index is 575. The van der Waals surface area contributed by atoms with Crippen LogP contribution in [0.3, 0.4) is 0 Å². The van der Waals surface area contributed by atoms with Crippen LogP contribution < -0.4 is 0 Å². The van der Waals surface area contributed by atoms with Crippen molar-refractivity contribution in [3.8, 4) is 0 Å². The van der Waals surface area contributed by atoms with E-state index >= 15 is 0 Å². The summed E-state index contributed by atoms with van der Waals surface area (Å²) in [6.45, 7) is 10.6. The maximum Gasteiger partial charge on any atom is 0.228 e. The summed E-state index contributed by atoms with van der Waals surface area (Å²) in [5, 5.41) is 0. The van der Waals surface area contributed by atoms with Crippen LogP contribution >= 0.6 is 0 Å². The summed E-state index contributed by atoms with van der Waals surface area (Å²) < 4.78 is 0. The lowest BCUT2D eigenvalue weighted by molar-refractivity contribution is -0.139. The Kier molecular flexibility index (Phi) is 5.45. The largest absolute Gasteiger partial charge is 0.341 e. The number of hydrogen-bond donors (Lipinski definition) is 0. The van der Waals surface area contributed by atoms with Crippen molar-refractivity contribution < 1.29 is 9.59 Å². The van der Waals surface area contributed by atoms with Gasteiger partial charge in [-0.3, -0.25) is 9.59 Å². The van der Waals surface area contributed by atoms with Crippen LogP contribution in [0.4, 0.5) is 0 Å². The molecule has 1 aromatic carbocycles. The predicted molar refractivity (Wildman–Crippen MR) is 92.1 cm³/mol. The van der Waals surface area contributed by atoms with Crippen LogP contribution in [0.1, 0.15) is 38.3 Å². The summed E-state index contributed by atoms with van der Waals surface area (Å²) in [7, 11) is 0. The second kappa shape index (κ2) is 7.16. The molecule has 0 N–H and O–H groups in total. The van der Waals surface area contributed by atoms with E-state index in [-0.39, 0.29) is 17.2 Å². The molecule has 2 rings (SSSR count). The number of aryl methyl sites for hydroxylation is 1. The minimum atomic E-state index is -0.361. The van der Waals surface area contributed by atoms with Crippen molar-refractivity contribution in [3.05, 3.63) is 35.4 Å². The molecular weight excluding hydrogens is 288 g/mol. The van der Waals surface area contributed by atoms with Crippen molar-refractivity contribution >= 4 is 11.8 Å². The number of carbonyl (C=O) groups excluding carboxylic acids is 2. The number of nitrogens with zero attached hydrogens (tertiary/aromatic N) is 2. The van der Waals surface area contributed by atoms with E-state index in [2.05, 4.69) is 0 Å². The SMILES string of the molecule is Cc1ccccc1CC(=O)N1CCCN(C(=O)C(C)(C)C)CC1. The van der Waals surface area contributed by atoms with Crippen molar-refractivity contribution in [2.75, 3.05) is 26.2 Å². The molecule has 0 bridgehead atoms. The molecule has 1 aliphatic heterocycles. The van der Waals surface area contributed by atoms with Gasteiger partial charge in [0.05, 0.1) is 6.42 Å². The topological polar surface area (TPSA) is 40.6 Å². The van der Waals surface area contributed by atoms with E-state index in [1.54, 1.807) is 0 Å². The Labute approximate surface area is 139 Å². The number of rotatable bonds is 2. The first-order chi connectivity index (χ1) is 10.8. The molecule has 23 heavy (non-hydrogen) atoms. The third-order valence-corrected chi connectivity index (χ3v) is 4.38. The monoisotopic (exact) mass is 316 g/mol. The Hall–Kier alpha value is -1.84. The minimum Gasteiger partial charge on any atom is -0.341 e. The standard InChI is InChI=1S/C19H28N2O2/c1-15-8-5-6-9-16(15)14-17(22)20-10-7-11-21(13-12-20)18(23)19(2,3)4/h5-6,8-9H,7,10-14H2,1-4H3. The van der Waals surface area contributed by atoms with Gasteiger partial charge in [0.2, 0.25) is 11.8 Å². The lowest BCUT2D eigenvalue weighted by Crippen LogP contribution is -2.42. The lowest BCUT2D eigenvalue weighted by Gasteiger charge is -2.28. The first-order valence-corrected chi connectivity index (χ1v) is 8.40. The quantitative estimate of drug-likeness (QED) is 0.841. The van der Waals surface area contributed by atoms with Crippen LogP contribution in [-0.2, 0) is 16.0 Å². The Morgan fingerprint density at radius 3 is 2.26 bits per heavy atom. The van der Waals surface area contributed by atoms with Crippen LogP contribution in [0, 0.1) is 12.3 Å². The van der Waals surface area contributed by atoms with Crippen molar-refractivity contribution in [2.45, 2.75) is 40.5 Å². The summed E-state index contributed by atoms with van der Waals surface area (Å²) in [6, 6.07) is 8.02. The third kappa shape index (κ3) is 4.57. The van der Waals surface area contributed by atoms with Crippen molar-refractivity contribution in [1.82, 2.24) is 9.80 Å². The first kappa shape index (κ1) is 17.5. The first-order valence-electron chi connectivity index (χ1n) is 8.40. The van der Waals surface area contributed by atoms with Crippen molar-refractivity contribution in [1.29, 1.82) is 0 Å². The molecule has 4 nitrogen and oxygen atoms in total.